The molecule has 4 rings (SSSR count). The number of hydrogen-bond donors (Lipinski definition) is 1. The Kier molecular flexibility index (Phi) is 4.57. The van der Waals surface area contributed by atoms with Crippen LogP contribution in [0.3, 0.4) is 0 Å². The number of carbonyl (C=O) groups is 1. The normalized spacial score (nSPS) is 26.0. The molecule has 4 nitrogen and oxygen atoms in total. The molecule has 1 aromatic carbocycles. The van der Waals surface area contributed by atoms with E-state index in [4.69, 9.17) is 4.42 Å². The summed E-state index contributed by atoms with van der Waals surface area (Å²) in [6.07, 6.45) is 5.28. The molecule has 2 aromatic rings. The van der Waals surface area contributed by atoms with Crippen LogP contribution in [-0.4, -0.2) is 28.1 Å². The van der Waals surface area contributed by atoms with E-state index in [-0.39, 0.29) is 5.82 Å². The van der Waals surface area contributed by atoms with Crippen LogP contribution >= 0.6 is 0 Å². The van der Waals surface area contributed by atoms with Gasteiger partial charge in [0, 0.05) is 11.6 Å². The topological polar surface area (TPSA) is 53.7 Å². The van der Waals surface area contributed by atoms with Crippen LogP contribution in [0.5, 0.6) is 0 Å². The lowest BCUT2D eigenvalue weighted by atomic mass is 9.85. The molecule has 2 fully saturated rings. The third-order valence-electron chi connectivity index (χ3n) is 6.04. The molecule has 1 aromatic heterocycles. The molecule has 2 aliphatic rings. The summed E-state index contributed by atoms with van der Waals surface area (Å²) < 4.78 is 19.8. The minimum absolute atomic E-state index is 0.254. The number of carboxylic acid groups (broad SMARTS) is 1. The number of carboxylic acids is 1. The Bertz CT molecular complexity index is 815. The largest absolute Gasteiger partial charge is 0.480 e. The Morgan fingerprint density at radius 3 is 2.88 bits per heavy atom. The monoisotopic (exact) mass is 357 g/mol. The zero-order chi connectivity index (χ0) is 18.3. The van der Waals surface area contributed by atoms with Gasteiger partial charge in [-0.15, -0.1) is 0 Å². The molecule has 26 heavy (non-hydrogen) atoms. The summed E-state index contributed by atoms with van der Waals surface area (Å²) in [4.78, 5) is 13.8. The van der Waals surface area contributed by atoms with Crippen molar-refractivity contribution in [3.8, 4) is 11.3 Å². The summed E-state index contributed by atoms with van der Waals surface area (Å²) in [6, 6.07) is 8.58. The lowest BCUT2D eigenvalue weighted by Crippen LogP contribution is -2.41. The van der Waals surface area contributed by atoms with E-state index in [2.05, 4.69) is 4.90 Å². The zero-order valence-corrected chi connectivity index (χ0v) is 15.0. The Labute approximate surface area is 152 Å². The van der Waals surface area contributed by atoms with E-state index in [1.54, 1.807) is 13.0 Å². The minimum Gasteiger partial charge on any atom is -0.480 e. The highest BCUT2D eigenvalue weighted by Gasteiger charge is 2.45. The quantitative estimate of drug-likeness (QED) is 0.868. The van der Waals surface area contributed by atoms with Crippen molar-refractivity contribution in [1.82, 2.24) is 4.90 Å². The summed E-state index contributed by atoms with van der Waals surface area (Å²) in [6.45, 7) is 2.23. The number of halogens is 1. The molecule has 0 bridgehead atoms. The number of hydrogen-bond acceptors (Lipinski definition) is 3. The summed E-state index contributed by atoms with van der Waals surface area (Å²) in [5.41, 5.74) is 1.30. The summed E-state index contributed by atoms with van der Waals surface area (Å²) >= 11 is 0. The number of rotatable bonds is 4. The van der Waals surface area contributed by atoms with E-state index in [1.807, 2.05) is 18.2 Å². The van der Waals surface area contributed by atoms with Crippen LogP contribution in [0, 0.1) is 18.7 Å². The molecule has 1 saturated heterocycles. The second-order valence-corrected chi connectivity index (χ2v) is 7.55. The number of nitrogens with zero attached hydrogens (tertiary/aromatic N) is 1. The van der Waals surface area contributed by atoms with Gasteiger partial charge in [0.05, 0.1) is 6.54 Å². The molecule has 1 aliphatic carbocycles. The second kappa shape index (κ2) is 6.88. The van der Waals surface area contributed by atoms with E-state index in [0.29, 0.717) is 29.8 Å². The molecule has 1 saturated carbocycles. The van der Waals surface area contributed by atoms with Crippen molar-refractivity contribution in [2.24, 2.45) is 5.92 Å². The number of fused-ring (bicyclic) bond motifs is 1. The van der Waals surface area contributed by atoms with Gasteiger partial charge in [-0.1, -0.05) is 25.0 Å². The highest BCUT2D eigenvalue weighted by Crippen LogP contribution is 2.41. The first-order valence-electron chi connectivity index (χ1n) is 9.37. The van der Waals surface area contributed by atoms with Crippen LogP contribution in [0.4, 0.5) is 4.39 Å². The lowest BCUT2D eigenvalue weighted by Gasteiger charge is -2.32. The highest BCUT2D eigenvalue weighted by molar-refractivity contribution is 5.74. The van der Waals surface area contributed by atoms with E-state index >= 15 is 0 Å². The van der Waals surface area contributed by atoms with Crippen LogP contribution < -0.4 is 0 Å². The SMILES string of the molecule is Cc1c(F)cccc1-c1ccc(CN2C(C(=O)O)CC3CCCCC32)o1. The maximum atomic E-state index is 13.8. The smallest absolute Gasteiger partial charge is 0.320 e. The van der Waals surface area contributed by atoms with Crippen molar-refractivity contribution < 1.29 is 18.7 Å². The summed E-state index contributed by atoms with van der Waals surface area (Å²) in [5.74, 6) is 0.845. The molecule has 138 valence electrons. The van der Waals surface area contributed by atoms with E-state index in [9.17, 15) is 14.3 Å². The minimum atomic E-state index is -0.743. The number of aliphatic carboxylic acids is 1. The van der Waals surface area contributed by atoms with E-state index < -0.39 is 12.0 Å². The van der Waals surface area contributed by atoms with Crippen molar-refractivity contribution in [3.63, 3.8) is 0 Å². The van der Waals surface area contributed by atoms with Gasteiger partial charge >= 0.3 is 5.97 Å². The van der Waals surface area contributed by atoms with Crippen LogP contribution in [0.25, 0.3) is 11.3 Å². The average Bonchev–Trinajstić information content (AvgIpc) is 3.23. The number of furan rings is 1. The van der Waals surface area contributed by atoms with E-state index in [0.717, 1.165) is 37.0 Å². The molecular formula is C21H24FNO3. The predicted molar refractivity (Wildman–Crippen MR) is 96.2 cm³/mol. The van der Waals surface area contributed by atoms with Gasteiger partial charge < -0.3 is 9.52 Å². The van der Waals surface area contributed by atoms with Gasteiger partial charge in [0.15, 0.2) is 0 Å². The molecule has 5 heteroatoms. The van der Waals surface area contributed by atoms with Gasteiger partial charge in [-0.05, 0) is 55.9 Å². The molecule has 1 N–H and O–H groups in total. The molecule has 0 radical (unpaired) electrons. The highest BCUT2D eigenvalue weighted by atomic mass is 19.1. The van der Waals surface area contributed by atoms with Crippen molar-refractivity contribution in [2.45, 2.75) is 57.7 Å². The maximum absolute atomic E-state index is 13.8. The van der Waals surface area contributed by atoms with Crippen LogP contribution in [0.2, 0.25) is 0 Å². The fourth-order valence-corrected chi connectivity index (χ4v) is 4.69. The standard InChI is InChI=1S/C21H24FNO3/c1-13-16(6-4-7-17(13)22)20-10-9-15(26-20)12-23-18-8-3-2-5-14(18)11-19(23)21(24)25/h4,6-7,9-10,14,18-19H,2-3,5,8,11-12H2,1H3,(H,24,25). The third kappa shape index (κ3) is 3.05. The van der Waals surface area contributed by atoms with Gasteiger partial charge in [0.25, 0.3) is 0 Å². The Morgan fingerprint density at radius 1 is 1.27 bits per heavy atom. The van der Waals surface area contributed by atoms with E-state index in [1.165, 1.54) is 12.5 Å². The Balaban J connectivity index is 1.58. The van der Waals surface area contributed by atoms with Crippen LogP contribution in [-0.2, 0) is 11.3 Å². The van der Waals surface area contributed by atoms with Crippen LogP contribution in [0.15, 0.2) is 34.7 Å². The Morgan fingerprint density at radius 2 is 2.08 bits per heavy atom. The fourth-order valence-electron chi connectivity index (χ4n) is 4.69. The molecular weight excluding hydrogens is 333 g/mol. The average molecular weight is 357 g/mol. The van der Waals surface area contributed by atoms with Gasteiger partial charge in [-0.3, -0.25) is 9.69 Å². The molecule has 1 aliphatic heterocycles. The van der Waals surface area contributed by atoms with Crippen molar-refractivity contribution >= 4 is 5.97 Å². The summed E-state index contributed by atoms with van der Waals surface area (Å²) in [5, 5.41) is 9.64. The summed E-state index contributed by atoms with van der Waals surface area (Å²) in [7, 11) is 0. The van der Waals surface area contributed by atoms with Gasteiger partial charge in [0.2, 0.25) is 0 Å². The first-order chi connectivity index (χ1) is 12.5. The molecule has 3 unspecified atom stereocenters. The first-order valence-corrected chi connectivity index (χ1v) is 9.37. The van der Waals surface area contributed by atoms with Gasteiger partial charge in [0.1, 0.15) is 23.4 Å². The van der Waals surface area contributed by atoms with Crippen molar-refractivity contribution in [3.05, 3.63) is 47.5 Å². The molecule has 2 heterocycles. The third-order valence-corrected chi connectivity index (χ3v) is 6.04. The molecule has 0 amide bonds. The van der Waals surface area contributed by atoms with Crippen molar-refractivity contribution in [1.29, 1.82) is 0 Å². The Hall–Kier alpha value is -2.14. The number of benzene rings is 1. The fraction of sp³-hybridized carbons (Fsp3) is 0.476. The predicted octanol–water partition coefficient (Wildman–Crippen LogP) is 4.61. The maximum Gasteiger partial charge on any atom is 0.320 e. The first kappa shape index (κ1) is 17.3. The van der Waals surface area contributed by atoms with Gasteiger partial charge in [-0.2, -0.15) is 0 Å². The lowest BCUT2D eigenvalue weighted by molar-refractivity contribution is -0.143. The van der Waals surface area contributed by atoms with Gasteiger partial charge in [-0.25, -0.2) is 4.39 Å². The number of likely N-dealkylation sites (tertiary alicyclic amines) is 1. The molecule has 0 spiro atoms. The zero-order valence-electron chi connectivity index (χ0n) is 15.0. The second-order valence-electron chi connectivity index (χ2n) is 7.55. The van der Waals surface area contributed by atoms with Crippen molar-refractivity contribution in [2.75, 3.05) is 0 Å². The van der Waals surface area contributed by atoms with Crippen LogP contribution in [0.1, 0.15) is 43.4 Å². The molecule has 3 atom stereocenters.